The van der Waals surface area contributed by atoms with E-state index in [2.05, 4.69) is 22.2 Å². The largest absolute Gasteiger partial charge is 0.491 e. The smallest absolute Gasteiger partial charge is 0.337 e. The second kappa shape index (κ2) is 10.4. The molecule has 5 nitrogen and oxygen atoms in total. The number of rotatable bonds is 9. The molecule has 1 atom stereocenters. The van der Waals surface area contributed by atoms with Crippen LogP contribution in [0.15, 0.2) is 78.9 Å². The molecule has 3 aromatic rings. The van der Waals surface area contributed by atoms with Crippen molar-refractivity contribution in [3.05, 3.63) is 90.0 Å². The first-order valence-corrected chi connectivity index (χ1v) is 9.50. The van der Waals surface area contributed by atoms with Gasteiger partial charge in [-0.3, -0.25) is 0 Å². The fraction of sp³-hybridized carbons (Fsp3) is 0.208. The molecular weight excluding hydrogens is 366 g/mol. The molecular formula is C24H25NO4. The Labute approximate surface area is 170 Å². The van der Waals surface area contributed by atoms with E-state index in [1.54, 1.807) is 12.1 Å². The van der Waals surface area contributed by atoms with Crippen molar-refractivity contribution in [2.24, 2.45) is 0 Å². The van der Waals surface area contributed by atoms with Crippen LogP contribution in [-0.4, -0.2) is 37.4 Å². The first-order chi connectivity index (χ1) is 14.2. The number of carbonyl (C=O) groups excluding carboxylic acids is 1. The summed E-state index contributed by atoms with van der Waals surface area (Å²) in [6, 6.07) is 25.1. The maximum atomic E-state index is 11.4. The first kappa shape index (κ1) is 20.6. The number of hydrogen-bond acceptors (Lipinski definition) is 5. The van der Waals surface area contributed by atoms with Crippen molar-refractivity contribution in [3.8, 4) is 16.9 Å². The minimum atomic E-state index is -0.627. The summed E-state index contributed by atoms with van der Waals surface area (Å²) in [6.07, 6.45) is -0.627. The average molecular weight is 391 g/mol. The summed E-state index contributed by atoms with van der Waals surface area (Å²) in [6.45, 7) is 1.20. The van der Waals surface area contributed by atoms with Crippen LogP contribution in [-0.2, 0) is 11.3 Å². The Morgan fingerprint density at radius 1 is 0.931 bits per heavy atom. The van der Waals surface area contributed by atoms with Gasteiger partial charge in [-0.15, -0.1) is 0 Å². The molecule has 0 unspecified atom stereocenters. The normalized spacial score (nSPS) is 11.7. The standard InChI is InChI=1S/C24H25NO4/c1-28-24(27)21-9-7-18(8-10-21)15-25-16-22(26)17-29-23-13-11-20(12-14-23)19-5-3-2-4-6-19/h2-14,22,25-26H,15-17H2,1H3/t22-/m1/s1. The zero-order valence-electron chi connectivity index (χ0n) is 16.4. The summed E-state index contributed by atoms with van der Waals surface area (Å²) in [5.41, 5.74) is 3.81. The second-order valence-electron chi connectivity index (χ2n) is 6.67. The van der Waals surface area contributed by atoms with Crippen molar-refractivity contribution in [2.75, 3.05) is 20.3 Å². The minimum absolute atomic E-state index is 0.207. The molecule has 0 aliphatic rings. The molecule has 5 heteroatoms. The third-order valence-electron chi connectivity index (χ3n) is 4.49. The molecule has 0 aromatic heterocycles. The molecule has 0 fully saturated rings. The molecule has 0 aliphatic carbocycles. The highest BCUT2D eigenvalue weighted by Gasteiger charge is 2.07. The van der Waals surface area contributed by atoms with E-state index < -0.39 is 6.10 Å². The predicted molar refractivity (Wildman–Crippen MR) is 113 cm³/mol. The Hall–Kier alpha value is -3.15. The van der Waals surface area contributed by atoms with Crippen LogP contribution in [0.3, 0.4) is 0 Å². The van der Waals surface area contributed by atoms with E-state index in [-0.39, 0.29) is 12.6 Å². The number of benzene rings is 3. The van der Waals surface area contributed by atoms with Crippen molar-refractivity contribution in [1.82, 2.24) is 5.32 Å². The number of aliphatic hydroxyl groups is 1. The molecule has 29 heavy (non-hydrogen) atoms. The van der Waals surface area contributed by atoms with Gasteiger partial charge in [0.25, 0.3) is 0 Å². The summed E-state index contributed by atoms with van der Waals surface area (Å²) in [4.78, 5) is 11.4. The molecule has 0 amide bonds. The Morgan fingerprint density at radius 2 is 1.59 bits per heavy atom. The van der Waals surface area contributed by atoms with E-state index in [1.165, 1.54) is 7.11 Å². The highest BCUT2D eigenvalue weighted by atomic mass is 16.5. The number of esters is 1. The van der Waals surface area contributed by atoms with Gasteiger partial charge in [0.1, 0.15) is 18.5 Å². The number of carbonyl (C=O) groups is 1. The van der Waals surface area contributed by atoms with Crippen molar-refractivity contribution < 1.29 is 19.4 Å². The molecule has 2 N–H and O–H groups in total. The topological polar surface area (TPSA) is 67.8 Å². The first-order valence-electron chi connectivity index (χ1n) is 9.50. The van der Waals surface area contributed by atoms with E-state index in [0.717, 1.165) is 22.4 Å². The van der Waals surface area contributed by atoms with Crippen LogP contribution in [0.2, 0.25) is 0 Å². The number of ether oxygens (including phenoxy) is 2. The molecule has 0 radical (unpaired) electrons. The van der Waals surface area contributed by atoms with Gasteiger partial charge in [-0.25, -0.2) is 4.79 Å². The van der Waals surface area contributed by atoms with Crippen LogP contribution in [0.25, 0.3) is 11.1 Å². The van der Waals surface area contributed by atoms with Gasteiger partial charge in [0.2, 0.25) is 0 Å². The Balaban J connectivity index is 1.40. The van der Waals surface area contributed by atoms with E-state index in [9.17, 15) is 9.90 Å². The van der Waals surface area contributed by atoms with Crippen LogP contribution < -0.4 is 10.1 Å². The maximum Gasteiger partial charge on any atom is 0.337 e. The Kier molecular flexibility index (Phi) is 7.39. The van der Waals surface area contributed by atoms with Crippen LogP contribution in [0.5, 0.6) is 5.75 Å². The zero-order chi connectivity index (χ0) is 20.5. The van der Waals surface area contributed by atoms with Gasteiger partial charge in [0.15, 0.2) is 0 Å². The molecule has 3 aromatic carbocycles. The van der Waals surface area contributed by atoms with Gasteiger partial charge in [0.05, 0.1) is 12.7 Å². The average Bonchev–Trinajstić information content (AvgIpc) is 2.78. The van der Waals surface area contributed by atoms with Gasteiger partial charge in [-0.05, 0) is 41.0 Å². The van der Waals surface area contributed by atoms with Gasteiger partial charge in [-0.2, -0.15) is 0 Å². The van der Waals surface area contributed by atoms with E-state index in [1.807, 2.05) is 54.6 Å². The summed E-state index contributed by atoms with van der Waals surface area (Å²) in [7, 11) is 1.36. The van der Waals surface area contributed by atoms with E-state index in [0.29, 0.717) is 18.7 Å². The lowest BCUT2D eigenvalue weighted by Gasteiger charge is -2.14. The lowest BCUT2D eigenvalue weighted by molar-refractivity contribution is 0.0600. The number of nitrogens with one attached hydrogen (secondary N) is 1. The fourth-order valence-corrected chi connectivity index (χ4v) is 2.89. The molecule has 0 bridgehead atoms. The molecule has 0 spiro atoms. The lowest BCUT2D eigenvalue weighted by atomic mass is 10.1. The van der Waals surface area contributed by atoms with Crippen molar-refractivity contribution in [1.29, 1.82) is 0 Å². The van der Waals surface area contributed by atoms with Crippen LogP contribution >= 0.6 is 0 Å². The van der Waals surface area contributed by atoms with Crippen molar-refractivity contribution in [3.63, 3.8) is 0 Å². The highest BCUT2D eigenvalue weighted by molar-refractivity contribution is 5.89. The maximum absolute atomic E-state index is 11.4. The van der Waals surface area contributed by atoms with E-state index in [4.69, 9.17) is 4.74 Å². The zero-order valence-corrected chi connectivity index (χ0v) is 16.4. The molecule has 0 saturated heterocycles. The van der Waals surface area contributed by atoms with Crippen LogP contribution in [0.4, 0.5) is 0 Å². The fourth-order valence-electron chi connectivity index (χ4n) is 2.89. The minimum Gasteiger partial charge on any atom is -0.491 e. The summed E-state index contributed by atoms with van der Waals surface area (Å²) >= 11 is 0. The summed E-state index contributed by atoms with van der Waals surface area (Å²) in [5.74, 6) is 0.371. The Morgan fingerprint density at radius 3 is 2.24 bits per heavy atom. The van der Waals surface area contributed by atoms with Gasteiger partial charge in [-0.1, -0.05) is 54.6 Å². The molecule has 0 saturated carbocycles. The second-order valence-corrected chi connectivity index (χ2v) is 6.67. The van der Waals surface area contributed by atoms with Crippen LogP contribution in [0.1, 0.15) is 15.9 Å². The highest BCUT2D eigenvalue weighted by Crippen LogP contribution is 2.22. The third-order valence-corrected chi connectivity index (χ3v) is 4.49. The third kappa shape index (κ3) is 6.17. The van der Waals surface area contributed by atoms with Gasteiger partial charge in [0, 0.05) is 13.1 Å². The number of hydrogen-bond donors (Lipinski definition) is 2. The predicted octanol–water partition coefficient (Wildman–Crippen LogP) is 3.67. The molecule has 3 rings (SSSR count). The van der Waals surface area contributed by atoms with Gasteiger partial charge < -0.3 is 19.9 Å². The number of methoxy groups -OCH3 is 1. The lowest BCUT2D eigenvalue weighted by Crippen LogP contribution is -2.31. The number of aliphatic hydroxyl groups excluding tert-OH is 1. The molecule has 0 heterocycles. The van der Waals surface area contributed by atoms with E-state index >= 15 is 0 Å². The summed E-state index contributed by atoms with van der Waals surface area (Å²) in [5, 5.41) is 13.3. The van der Waals surface area contributed by atoms with Crippen LogP contribution in [0, 0.1) is 0 Å². The molecule has 0 aliphatic heterocycles. The van der Waals surface area contributed by atoms with Crippen molar-refractivity contribution >= 4 is 5.97 Å². The summed E-state index contributed by atoms with van der Waals surface area (Å²) < 4.78 is 10.4. The van der Waals surface area contributed by atoms with Crippen molar-refractivity contribution in [2.45, 2.75) is 12.6 Å². The molecule has 150 valence electrons. The monoisotopic (exact) mass is 391 g/mol. The SMILES string of the molecule is COC(=O)c1ccc(CNC[C@@H](O)COc2ccc(-c3ccccc3)cc2)cc1. The van der Waals surface area contributed by atoms with Gasteiger partial charge >= 0.3 is 5.97 Å². The quantitative estimate of drug-likeness (QED) is 0.545. The Bertz CT molecular complexity index is 892.